The number of aryl methyl sites for hydroxylation is 1. The number of nitrogens with one attached hydrogen (secondary N) is 1. The van der Waals surface area contributed by atoms with Crippen LogP contribution in [0.5, 0.6) is 0 Å². The fraction of sp³-hybridized carbons (Fsp3) is 0.389. The zero-order chi connectivity index (χ0) is 18.7. The highest BCUT2D eigenvalue weighted by molar-refractivity contribution is 7.89. The molecule has 8 heteroatoms. The summed E-state index contributed by atoms with van der Waals surface area (Å²) in [6.07, 6.45) is 1.54. The first-order valence-corrected chi connectivity index (χ1v) is 9.86. The molecule has 1 aromatic heterocycles. The number of ether oxygens (including phenoxy) is 1. The third kappa shape index (κ3) is 3.82. The van der Waals surface area contributed by atoms with Gasteiger partial charge in [0.2, 0.25) is 10.0 Å². The fourth-order valence-electron chi connectivity index (χ4n) is 2.83. The smallest absolute Gasteiger partial charge is 0.251 e. The molecular weight excluding hydrogens is 356 g/mol. The maximum absolute atomic E-state index is 12.9. The predicted molar refractivity (Wildman–Crippen MR) is 95.3 cm³/mol. The summed E-state index contributed by atoms with van der Waals surface area (Å²) in [5.74, 6) is 0.277. The lowest BCUT2D eigenvalue weighted by Gasteiger charge is -2.26. The van der Waals surface area contributed by atoms with Gasteiger partial charge in [-0.3, -0.25) is 4.79 Å². The van der Waals surface area contributed by atoms with Gasteiger partial charge in [-0.05, 0) is 43.7 Å². The lowest BCUT2D eigenvalue weighted by atomic mass is 10.1. The Bertz CT molecular complexity index is 871. The van der Waals surface area contributed by atoms with Crippen LogP contribution in [-0.2, 0) is 14.8 Å². The van der Waals surface area contributed by atoms with Crippen molar-refractivity contribution in [3.63, 3.8) is 0 Å². The number of amides is 1. The number of carbonyl (C=O) groups excluding carboxylic acids is 1. The predicted octanol–water partition coefficient (Wildman–Crippen LogP) is 2.10. The van der Waals surface area contributed by atoms with Crippen LogP contribution >= 0.6 is 0 Å². The molecule has 140 valence electrons. The van der Waals surface area contributed by atoms with E-state index in [4.69, 9.17) is 9.15 Å². The quantitative estimate of drug-likeness (QED) is 0.861. The van der Waals surface area contributed by atoms with E-state index in [2.05, 4.69) is 5.32 Å². The minimum absolute atomic E-state index is 0.151. The molecule has 1 amide bonds. The highest BCUT2D eigenvalue weighted by atomic mass is 32.2. The Kier molecular flexibility index (Phi) is 5.45. The maximum Gasteiger partial charge on any atom is 0.251 e. The molecule has 26 heavy (non-hydrogen) atoms. The van der Waals surface area contributed by atoms with Crippen molar-refractivity contribution in [1.29, 1.82) is 0 Å². The van der Waals surface area contributed by atoms with Crippen LogP contribution in [0.2, 0.25) is 0 Å². The van der Waals surface area contributed by atoms with Crippen molar-refractivity contribution in [3.8, 4) is 0 Å². The molecule has 0 spiro atoms. The number of rotatable bonds is 5. The van der Waals surface area contributed by atoms with E-state index >= 15 is 0 Å². The second-order valence-electron chi connectivity index (χ2n) is 6.21. The van der Waals surface area contributed by atoms with E-state index in [9.17, 15) is 13.2 Å². The van der Waals surface area contributed by atoms with Gasteiger partial charge in [0.1, 0.15) is 5.76 Å². The topological polar surface area (TPSA) is 88.8 Å². The first-order valence-electron chi connectivity index (χ1n) is 8.42. The van der Waals surface area contributed by atoms with Crippen molar-refractivity contribution in [2.24, 2.45) is 0 Å². The standard InChI is InChI=1S/C18H22N2O5S/c1-13-5-6-15(18(21)19-14(2)16-4-3-9-25-16)12-17(13)26(22,23)20-7-10-24-11-8-20/h3-6,9,12,14H,7-8,10-11H2,1-2H3,(H,19,21)/t14-/m1/s1. The molecule has 1 aromatic carbocycles. The van der Waals surface area contributed by atoms with Crippen LogP contribution in [-0.4, -0.2) is 44.9 Å². The molecule has 1 aliphatic rings. The summed E-state index contributed by atoms with van der Waals surface area (Å²) in [6, 6.07) is 7.91. The van der Waals surface area contributed by atoms with Gasteiger partial charge in [0, 0.05) is 18.7 Å². The average Bonchev–Trinajstić information content (AvgIpc) is 3.17. The van der Waals surface area contributed by atoms with Gasteiger partial charge in [0.15, 0.2) is 0 Å². The molecule has 0 aliphatic carbocycles. The second-order valence-corrected chi connectivity index (χ2v) is 8.11. The molecule has 0 bridgehead atoms. The molecule has 1 fully saturated rings. The molecule has 2 heterocycles. The molecule has 3 rings (SSSR count). The van der Waals surface area contributed by atoms with E-state index in [0.29, 0.717) is 43.2 Å². The zero-order valence-electron chi connectivity index (χ0n) is 14.8. The van der Waals surface area contributed by atoms with Crippen molar-refractivity contribution < 1.29 is 22.4 Å². The molecule has 1 saturated heterocycles. The highest BCUT2D eigenvalue weighted by Gasteiger charge is 2.28. The molecule has 0 radical (unpaired) electrons. The number of carbonyl (C=O) groups is 1. The van der Waals surface area contributed by atoms with E-state index in [-0.39, 0.29) is 16.8 Å². The molecule has 1 aliphatic heterocycles. The van der Waals surface area contributed by atoms with Crippen molar-refractivity contribution >= 4 is 15.9 Å². The Morgan fingerprint density at radius 3 is 2.62 bits per heavy atom. The van der Waals surface area contributed by atoms with Crippen LogP contribution in [0.4, 0.5) is 0 Å². The Morgan fingerprint density at radius 1 is 1.23 bits per heavy atom. The van der Waals surface area contributed by atoms with Gasteiger partial charge in [-0.1, -0.05) is 6.07 Å². The van der Waals surface area contributed by atoms with Crippen molar-refractivity contribution in [1.82, 2.24) is 9.62 Å². The van der Waals surface area contributed by atoms with Crippen LogP contribution in [0.15, 0.2) is 45.9 Å². The zero-order valence-corrected chi connectivity index (χ0v) is 15.6. The van der Waals surface area contributed by atoms with Crippen molar-refractivity contribution in [2.45, 2.75) is 24.8 Å². The van der Waals surface area contributed by atoms with Gasteiger partial charge in [-0.15, -0.1) is 0 Å². The van der Waals surface area contributed by atoms with Gasteiger partial charge >= 0.3 is 0 Å². The van der Waals surface area contributed by atoms with E-state index in [1.54, 1.807) is 38.1 Å². The van der Waals surface area contributed by atoms with E-state index in [1.165, 1.54) is 16.6 Å². The SMILES string of the molecule is Cc1ccc(C(=O)N[C@H](C)c2ccco2)cc1S(=O)(=O)N1CCOCC1. The summed E-state index contributed by atoms with van der Waals surface area (Å²) in [4.78, 5) is 12.7. The number of benzene rings is 1. The van der Waals surface area contributed by atoms with E-state index in [1.807, 2.05) is 0 Å². The molecule has 1 N–H and O–H groups in total. The average molecular weight is 378 g/mol. The first-order chi connectivity index (χ1) is 12.4. The number of morpholine rings is 1. The Labute approximate surface area is 153 Å². The summed E-state index contributed by atoms with van der Waals surface area (Å²) in [7, 11) is -3.67. The second kappa shape index (κ2) is 7.61. The third-order valence-corrected chi connectivity index (χ3v) is 6.40. The van der Waals surface area contributed by atoms with Gasteiger partial charge in [-0.25, -0.2) is 8.42 Å². The Hall–Kier alpha value is -2.16. The van der Waals surface area contributed by atoms with E-state index < -0.39 is 10.0 Å². The van der Waals surface area contributed by atoms with Crippen LogP contribution in [0.1, 0.15) is 34.6 Å². The first kappa shape index (κ1) is 18.6. The summed E-state index contributed by atoms with van der Waals surface area (Å²) < 4.78 is 37.7. The lowest BCUT2D eigenvalue weighted by Crippen LogP contribution is -2.41. The normalized spacial score (nSPS) is 17.0. The molecule has 1 atom stereocenters. The number of furan rings is 1. The minimum Gasteiger partial charge on any atom is -0.467 e. The van der Waals surface area contributed by atoms with Crippen molar-refractivity contribution in [3.05, 3.63) is 53.5 Å². The number of sulfonamides is 1. The molecular formula is C18H22N2O5S. The summed E-state index contributed by atoms with van der Waals surface area (Å²) in [5.41, 5.74) is 0.896. The van der Waals surface area contributed by atoms with Crippen LogP contribution in [0.3, 0.4) is 0 Å². The summed E-state index contributed by atoms with van der Waals surface area (Å²) in [6.45, 7) is 4.90. The third-order valence-electron chi connectivity index (χ3n) is 4.36. The monoisotopic (exact) mass is 378 g/mol. The number of nitrogens with zero attached hydrogens (tertiary/aromatic N) is 1. The summed E-state index contributed by atoms with van der Waals surface area (Å²) in [5, 5.41) is 2.82. The van der Waals surface area contributed by atoms with E-state index in [0.717, 1.165) is 0 Å². The minimum atomic E-state index is -3.67. The highest BCUT2D eigenvalue weighted by Crippen LogP contribution is 2.23. The molecule has 0 unspecified atom stereocenters. The summed E-state index contributed by atoms with van der Waals surface area (Å²) >= 11 is 0. The van der Waals surface area contributed by atoms with Crippen LogP contribution < -0.4 is 5.32 Å². The van der Waals surface area contributed by atoms with Gasteiger partial charge in [0.25, 0.3) is 5.91 Å². The molecule has 7 nitrogen and oxygen atoms in total. The number of hydrogen-bond donors (Lipinski definition) is 1. The largest absolute Gasteiger partial charge is 0.467 e. The van der Waals surface area contributed by atoms with Gasteiger partial charge < -0.3 is 14.5 Å². The van der Waals surface area contributed by atoms with Crippen molar-refractivity contribution in [2.75, 3.05) is 26.3 Å². The van der Waals surface area contributed by atoms with Gasteiger partial charge in [0.05, 0.1) is 30.4 Å². The van der Waals surface area contributed by atoms with Crippen LogP contribution in [0, 0.1) is 6.92 Å². The lowest BCUT2D eigenvalue weighted by molar-refractivity contribution is 0.0730. The number of hydrogen-bond acceptors (Lipinski definition) is 5. The Balaban J connectivity index is 1.84. The molecule has 0 saturated carbocycles. The fourth-order valence-corrected chi connectivity index (χ4v) is 4.49. The molecule has 2 aromatic rings. The van der Waals surface area contributed by atoms with Gasteiger partial charge in [-0.2, -0.15) is 4.31 Å². The van der Waals surface area contributed by atoms with Crippen LogP contribution in [0.25, 0.3) is 0 Å². The maximum atomic E-state index is 12.9. The Morgan fingerprint density at radius 2 is 1.96 bits per heavy atom.